The van der Waals surface area contributed by atoms with Crippen LogP contribution in [-0.2, 0) is 15.6 Å². The zero-order valence-electron chi connectivity index (χ0n) is 9.28. The summed E-state index contributed by atoms with van der Waals surface area (Å²) < 4.78 is 12.1. The lowest BCUT2D eigenvalue weighted by Gasteiger charge is -2.18. The molecule has 4 heteroatoms. The average Bonchev–Trinajstić information content (AvgIpc) is 2.45. The third-order valence-electron chi connectivity index (χ3n) is 3.06. The van der Waals surface area contributed by atoms with Crippen molar-refractivity contribution in [2.45, 2.75) is 62.4 Å². The normalized spacial score (nSPS) is 23.0. The minimum atomic E-state index is -1.19. The van der Waals surface area contributed by atoms with E-state index in [0.29, 0.717) is 6.42 Å². The molecule has 1 aliphatic carbocycles. The molecular formula is C11H20O3S. The summed E-state index contributed by atoms with van der Waals surface area (Å²) in [6.07, 6.45) is 6.97. The van der Waals surface area contributed by atoms with Crippen molar-refractivity contribution < 1.29 is 14.1 Å². The number of aliphatic carboxylic acids is 1. The first-order valence-electron chi connectivity index (χ1n) is 5.79. The van der Waals surface area contributed by atoms with Crippen molar-refractivity contribution in [3.05, 3.63) is 0 Å². The van der Waals surface area contributed by atoms with Gasteiger partial charge in [0.25, 0.3) is 0 Å². The Kier molecular flexibility index (Phi) is 5.29. The van der Waals surface area contributed by atoms with E-state index in [2.05, 4.69) is 0 Å². The molecule has 0 heterocycles. The SMILES string of the molecule is CCC(C(=O)O)S(=O)C1CCCCCC1. The van der Waals surface area contributed by atoms with Crippen molar-refractivity contribution >= 4 is 16.8 Å². The van der Waals surface area contributed by atoms with E-state index in [0.717, 1.165) is 25.7 Å². The molecule has 0 bridgehead atoms. The molecule has 1 fully saturated rings. The second-order valence-corrected chi connectivity index (χ2v) is 6.07. The Bertz CT molecular complexity index is 232. The molecule has 1 saturated carbocycles. The van der Waals surface area contributed by atoms with Gasteiger partial charge >= 0.3 is 5.97 Å². The molecule has 0 aliphatic heterocycles. The van der Waals surface area contributed by atoms with Gasteiger partial charge < -0.3 is 5.11 Å². The molecule has 88 valence electrons. The first-order chi connectivity index (χ1) is 7.16. The van der Waals surface area contributed by atoms with Crippen LogP contribution in [0.25, 0.3) is 0 Å². The van der Waals surface area contributed by atoms with E-state index in [4.69, 9.17) is 5.11 Å². The molecule has 0 aromatic rings. The third kappa shape index (κ3) is 3.59. The van der Waals surface area contributed by atoms with E-state index in [1.165, 1.54) is 12.8 Å². The van der Waals surface area contributed by atoms with Gasteiger partial charge in [0.05, 0.1) is 0 Å². The van der Waals surface area contributed by atoms with Crippen LogP contribution >= 0.6 is 0 Å². The van der Waals surface area contributed by atoms with Crippen molar-refractivity contribution in [3.8, 4) is 0 Å². The molecule has 1 N–H and O–H groups in total. The molecule has 0 saturated heterocycles. The Hall–Kier alpha value is -0.380. The summed E-state index contributed by atoms with van der Waals surface area (Å²) in [5.41, 5.74) is 0. The lowest BCUT2D eigenvalue weighted by atomic mass is 10.2. The van der Waals surface area contributed by atoms with Gasteiger partial charge in [-0.1, -0.05) is 32.6 Å². The number of carboxylic acids is 1. The maximum Gasteiger partial charge on any atom is 0.319 e. The van der Waals surface area contributed by atoms with Gasteiger partial charge in [0, 0.05) is 16.0 Å². The molecule has 2 atom stereocenters. The molecule has 1 rings (SSSR count). The van der Waals surface area contributed by atoms with E-state index in [9.17, 15) is 9.00 Å². The van der Waals surface area contributed by atoms with Gasteiger partial charge in [-0.2, -0.15) is 0 Å². The zero-order valence-corrected chi connectivity index (χ0v) is 10.1. The number of hydrogen-bond donors (Lipinski definition) is 1. The van der Waals surface area contributed by atoms with Crippen LogP contribution in [-0.4, -0.2) is 25.8 Å². The Morgan fingerprint density at radius 3 is 2.27 bits per heavy atom. The van der Waals surface area contributed by atoms with E-state index in [-0.39, 0.29) is 5.25 Å². The predicted molar refractivity (Wildman–Crippen MR) is 61.3 cm³/mol. The maximum absolute atomic E-state index is 12.1. The fraction of sp³-hybridized carbons (Fsp3) is 0.909. The van der Waals surface area contributed by atoms with Crippen molar-refractivity contribution in [3.63, 3.8) is 0 Å². The van der Waals surface area contributed by atoms with Crippen molar-refractivity contribution in [2.75, 3.05) is 0 Å². The van der Waals surface area contributed by atoms with Crippen LogP contribution in [0.4, 0.5) is 0 Å². The fourth-order valence-corrected chi connectivity index (χ4v) is 3.93. The molecule has 0 radical (unpaired) electrons. The zero-order chi connectivity index (χ0) is 11.3. The summed E-state index contributed by atoms with van der Waals surface area (Å²) in [6, 6.07) is 0. The topological polar surface area (TPSA) is 54.4 Å². The minimum absolute atomic E-state index is 0.119. The lowest BCUT2D eigenvalue weighted by Crippen LogP contribution is -2.31. The second-order valence-electron chi connectivity index (χ2n) is 4.18. The number of carboxylic acid groups (broad SMARTS) is 1. The monoisotopic (exact) mass is 232 g/mol. The molecule has 0 amide bonds. The van der Waals surface area contributed by atoms with E-state index >= 15 is 0 Å². The highest BCUT2D eigenvalue weighted by Crippen LogP contribution is 2.24. The van der Waals surface area contributed by atoms with E-state index in [1.807, 2.05) is 0 Å². The quantitative estimate of drug-likeness (QED) is 0.757. The van der Waals surface area contributed by atoms with E-state index in [1.54, 1.807) is 6.92 Å². The molecule has 15 heavy (non-hydrogen) atoms. The summed E-state index contributed by atoms with van der Waals surface area (Å²) >= 11 is 0. The Balaban J connectivity index is 2.59. The van der Waals surface area contributed by atoms with Gasteiger partial charge in [-0.25, -0.2) is 0 Å². The molecule has 2 unspecified atom stereocenters. The largest absolute Gasteiger partial charge is 0.480 e. The van der Waals surface area contributed by atoms with Crippen molar-refractivity contribution in [2.24, 2.45) is 0 Å². The number of hydrogen-bond acceptors (Lipinski definition) is 2. The maximum atomic E-state index is 12.1. The minimum Gasteiger partial charge on any atom is -0.480 e. The van der Waals surface area contributed by atoms with Crippen LogP contribution < -0.4 is 0 Å². The van der Waals surface area contributed by atoms with Gasteiger partial charge in [-0.3, -0.25) is 9.00 Å². The highest BCUT2D eigenvalue weighted by Gasteiger charge is 2.29. The molecule has 0 spiro atoms. The summed E-state index contributed by atoms with van der Waals surface area (Å²) in [5, 5.41) is 8.41. The van der Waals surface area contributed by atoms with Crippen molar-refractivity contribution in [1.29, 1.82) is 0 Å². The first kappa shape index (κ1) is 12.7. The fourth-order valence-electron chi connectivity index (χ4n) is 2.14. The smallest absolute Gasteiger partial charge is 0.319 e. The Morgan fingerprint density at radius 1 is 1.33 bits per heavy atom. The van der Waals surface area contributed by atoms with Crippen LogP contribution in [0, 0.1) is 0 Å². The third-order valence-corrected chi connectivity index (χ3v) is 5.28. The van der Waals surface area contributed by atoms with Crippen LogP contribution in [0.2, 0.25) is 0 Å². The van der Waals surface area contributed by atoms with Gasteiger partial charge in [0.1, 0.15) is 5.25 Å². The van der Waals surface area contributed by atoms with Gasteiger partial charge in [0.15, 0.2) is 0 Å². The Labute approximate surface area is 93.7 Å². The summed E-state index contributed by atoms with van der Waals surface area (Å²) in [6.45, 7) is 1.80. The second kappa shape index (κ2) is 6.26. The number of carbonyl (C=O) groups is 1. The first-order valence-corrected chi connectivity index (χ1v) is 7.06. The lowest BCUT2D eigenvalue weighted by molar-refractivity contribution is -0.136. The van der Waals surface area contributed by atoms with Gasteiger partial charge in [-0.15, -0.1) is 0 Å². The van der Waals surface area contributed by atoms with Crippen LogP contribution in [0.3, 0.4) is 0 Å². The predicted octanol–water partition coefficient (Wildman–Crippen LogP) is 2.32. The summed E-state index contributed by atoms with van der Waals surface area (Å²) in [5.74, 6) is -0.903. The molecule has 3 nitrogen and oxygen atoms in total. The Morgan fingerprint density at radius 2 is 1.87 bits per heavy atom. The van der Waals surface area contributed by atoms with Crippen LogP contribution in [0.1, 0.15) is 51.9 Å². The summed E-state index contributed by atoms with van der Waals surface area (Å²) in [7, 11) is -1.19. The number of rotatable bonds is 4. The van der Waals surface area contributed by atoms with Crippen LogP contribution in [0.5, 0.6) is 0 Å². The standard InChI is InChI=1S/C11H20O3S/c1-2-10(11(12)13)15(14)9-7-5-3-4-6-8-9/h9-10H,2-8H2,1H3,(H,12,13). The highest BCUT2D eigenvalue weighted by molar-refractivity contribution is 7.87. The van der Waals surface area contributed by atoms with Crippen LogP contribution in [0.15, 0.2) is 0 Å². The highest BCUT2D eigenvalue weighted by atomic mass is 32.2. The molecule has 0 aromatic carbocycles. The summed E-state index contributed by atoms with van der Waals surface area (Å²) in [4.78, 5) is 10.9. The molecule has 0 aromatic heterocycles. The average molecular weight is 232 g/mol. The molecular weight excluding hydrogens is 212 g/mol. The molecule has 1 aliphatic rings. The van der Waals surface area contributed by atoms with Crippen molar-refractivity contribution in [1.82, 2.24) is 0 Å². The van der Waals surface area contributed by atoms with Gasteiger partial charge in [0.2, 0.25) is 0 Å². The van der Waals surface area contributed by atoms with E-state index < -0.39 is 22.0 Å². The van der Waals surface area contributed by atoms with Gasteiger partial charge in [-0.05, 0) is 19.3 Å².